The Bertz CT molecular complexity index is 809. The molecule has 0 aromatic heterocycles. The van der Waals surface area contributed by atoms with Crippen molar-refractivity contribution < 1.29 is 44.0 Å². The SMILES string of the molecule is COc1cc(CSC[C@H](NC(=O)CC[C@H](N)C(=O)O)C(=O)NCC(=O)O)cc(OC)c1O. The number of carboxylic acid groups (broad SMARTS) is 2. The largest absolute Gasteiger partial charge is 0.502 e. The minimum atomic E-state index is -1.25. The molecule has 13 heteroatoms. The van der Waals surface area contributed by atoms with Gasteiger partial charge in [-0.2, -0.15) is 11.8 Å². The Hall–Kier alpha value is -3.19. The second-order valence-electron chi connectivity index (χ2n) is 6.58. The van der Waals surface area contributed by atoms with Crippen LogP contribution in [0.15, 0.2) is 12.1 Å². The Morgan fingerprint density at radius 2 is 1.72 bits per heavy atom. The molecule has 0 radical (unpaired) electrons. The monoisotopic (exact) mass is 473 g/mol. The molecule has 0 heterocycles. The van der Waals surface area contributed by atoms with Crippen LogP contribution in [0.25, 0.3) is 0 Å². The van der Waals surface area contributed by atoms with Gasteiger partial charge in [-0.3, -0.25) is 19.2 Å². The van der Waals surface area contributed by atoms with Crippen LogP contribution in [-0.4, -0.2) is 77.7 Å². The molecule has 2 amide bonds. The molecule has 0 aliphatic heterocycles. The van der Waals surface area contributed by atoms with E-state index >= 15 is 0 Å². The van der Waals surface area contributed by atoms with Crippen LogP contribution in [0.3, 0.4) is 0 Å². The number of methoxy groups -OCH3 is 2. The van der Waals surface area contributed by atoms with Gasteiger partial charge in [0.1, 0.15) is 18.6 Å². The van der Waals surface area contributed by atoms with Crippen LogP contribution in [0.1, 0.15) is 18.4 Å². The first kappa shape index (κ1) is 26.8. The molecule has 0 fully saturated rings. The number of aromatic hydroxyl groups is 1. The third-order valence-electron chi connectivity index (χ3n) is 4.16. The number of amides is 2. The quantitative estimate of drug-likeness (QED) is 0.204. The Morgan fingerprint density at radius 1 is 1.12 bits per heavy atom. The molecule has 0 saturated heterocycles. The van der Waals surface area contributed by atoms with Crippen molar-refractivity contribution in [2.45, 2.75) is 30.7 Å². The van der Waals surface area contributed by atoms with Crippen molar-refractivity contribution in [1.29, 1.82) is 0 Å². The number of nitrogens with two attached hydrogens (primary N) is 1. The molecular formula is C19H27N3O9S. The van der Waals surface area contributed by atoms with Crippen LogP contribution in [0.2, 0.25) is 0 Å². The van der Waals surface area contributed by atoms with Crippen LogP contribution in [0, 0.1) is 0 Å². The first-order valence-electron chi connectivity index (χ1n) is 9.37. The second kappa shape index (κ2) is 13.3. The zero-order valence-electron chi connectivity index (χ0n) is 17.6. The molecule has 1 aromatic carbocycles. The van der Waals surface area contributed by atoms with E-state index in [1.165, 1.54) is 26.0 Å². The predicted octanol–water partition coefficient (Wildman–Crippen LogP) is -0.480. The number of hydrogen-bond donors (Lipinski definition) is 6. The number of rotatable bonds is 14. The Labute approximate surface area is 188 Å². The van der Waals surface area contributed by atoms with Crippen molar-refractivity contribution in [3.63, 3.8) is 0 Å². The summed E-state index contributed by atoms with van der Waals surface area (Å²) in [7, 11) is 2.78. The zero-order valence-corrected chi connectivity index (χ0v) is 18.4. The summed E-state index contributed by atoms with van der Waals surface area (Å²) in [6, 6.07) is 0.912. The van der Waals surface area contributed by atoms with Gasteiger partial charge < -0.3 is 41.2 Å². The maximum Gasteiger partial charge on any atom is 0.322 e. The molecule has 1 rings (SSSR count). The van der Waals surface area contributed by atoms with Gasteiger partial charge in [0.2, 0.25) is 17.6 Å². The van der Waals surface area contributed by atoms with Crippen LogP contribution >= 0.6 is 11.8 Å². The second-order valence-corrected chi connectivity index (χ2v) is 7.61. The summed E-state index contributed by atoms with van der Waals surface area (Å²) in [4.78, 5) is 45.9. The number of nitrogens with one attached hydrogen (secondary N) is 2. The van der Waals surface area contributed by atoms with Crippen molar-refractivity contribution in [1.82, 2.24) is 10.6 Å². The van der Waals surface area contributed by atoms with E-state index in [1.807, 2.05) is 0 Å². The number of carbonyl (C=O) groups excluding carboxylic acids is 2. The summed E-state index contributed by atoms with van der Waals surface area (Å²) >= 11 is 1.26. The first-order chi connectivity index (χ1) is 15.1. The average Bonchev–Trinajstić information content (AvgIpc) is 2.75. The minimum Gasteiger partial charge on any atom is -0.502 e. The third kappa shape index (κ3) is 8.89. The topological polar surface area (TPSA) is 198 Å². The highest BCUT2D eigenvalue weighted by Crippen LogP contribution is 2.38. The van der Waals surface area contributed by atoms with Gasteiger partial charge in [-0.05, 0) is 24.1 Å². The lowest BCUT2D eigenvalue weighted by atomic mass is 10.1. The molecule has 32 heavy (non-hydrogen) atoms. The van der Waals surface area contributed by atoms with Crippen molar-refractivity contribution in [2.24, 2.45) is 5.73 Å². The maximum absolute atomic E-state index is 12.3. The minimum absolute atomic E-state index is 0.0910. The molecule has 0 saturated carbocycles. The molecule has 1 aromatic rings. The number of phenolic OH excluding ortho intramolecular Hbond substituents is 1. The van der Waals surface area contributed by atoms with Gasteiger partial charge in [0.15, 0.2) is 11.5 Å². The van der Waals surface area contributed by atoms with E-state index in [0.29, 0.717) is 11.3 Å². The fourth-order valence-corrected chi connectivity index (χ4v) is 3.46. The van der Waals surface area contributed by atoms with Crippen molar-refractivity contribution in [2.75, 3.05) is 26.5 Å². The molecule has 0 spiro atoms. The highest BCUT2D eigenvalue weighted by atomic mass is 32.2. The number of hydrogen-bond acceptors (Lipinski definition) is 9. The van der Waals surface area contributed by atoms with Gasteiger partial charge in [-0.1, -0.05) is 0 Å². The molecule has 12 nitrogen and oxygen atoms in total. The van der Waals surface area contributed by atoms with Gasteiger partial charge >= 0.3 is 11.9 Å². The van der Waals surface area contributed by atoms with Crippen molar-refractivity contribution in [3.05, 3.63) is 17.7 Å². The van der Waals surface area contributed by atoms with Crippen molar-refractivity contribution >= 4 is 35.5 Å². The Morgan fingerprint density at radius 3 is 2.22 bits per heavy atom. The first-order valence-corrected chi connectivity index (χ1v) is 10.5. The van der Waals surface area contributed by atoms with Gasteiger partial charge in [-0.25, -0.2) is 0 Å². The summed E-state index contributed by atoms with van der Waals surface area (Å²) in [5.74, 6) is -3.07. The Balaban J connectivity index is 2.79. The number of aliphatic carboxylic acids is 2. The fourth-order valence-electron chi connectivity index (χ4n) is 2.47. The Kier molecular flexibility index (Phi) is 11.1. The summed E-state index contributed by atoms with van der Waals surface area (Å²) in [5, 5.41) is 32.2. The number of thioether (sulfide) groups is 1. The lowest BCUT2D eigenvalue weighted by Crippen LogP contribution is -2.49. The standard InChI is InChI=1S/C19H27N3O9S/c1-30-13-5-10(6-14(31-2)17(13)26)8-32-9-12(18(27)21-7-16(24)25)22-15(23)4-3-11(20)19(28)29/h5-6,11-12,26H,3-4,7-9,20H2,1-2H3,(H,21,27)(H,22,23)(H,24,25)(H,28,29)/t11-,12-/m0/s1. The fraction of sp³-hybridized carbons (Fsp3) is 0.474. The molecule has 0 aliphatic carbocycles. The van der Waals surface area contributed by atoms with E-state index in [9.17, 15) is 24.3 Å². The lowest BCUT2D eigenvalue weighted by molar-refractivity contribution is -0.139. The number of carbonyl (C=O) groups is 4. The number of phenols is 1. The lowest BCUT2D eigenvalue weighted by Gasteiger charge is -2.18. The third-order valence-corrected chi connectivity index (χ3v) is 5.26. The van der Waals surface area contributed by atoms with Gasteiger partial charge in [0.05, 0.1) is 14.2 Å². The normalized spacial score (nSPS) is 12.3. The van der Waals surface area contributed by atoms with Crippen LogP contribution in [-0.2, 0) is 24.9 Å². The summed E-state index contributed by atoms with van der Waals surface area (Å²) < 4.78 is 10.2. The van der Waals surface area contributed by atoms with Gasteiger partial charge in [0.25, 0.3) is 0 Å². The molecule has 178 valence electrons. The molecule has 7 N–H and O–H groups in total. The zero-order chi connectivity index (χ0) is 24.3. The number of carboxylic acids is 2. The van der Waals surface area contributed by atoms with Crippen LogP contribution in [0.4, 0.5) is 0 Å². The smallest absolute Gasteiger partial charge is 0.322 e. The summed E-state index contributed by atoms with van der Waals surface area (Å²) in [6.07, 6.45) is -0.335. The van der Waals surface area contributed by atoms with E-state index in [2.05, 4.69) is 10.6 Å². The maximum atomic E-state index is 12.3. The van der Waals surface area contributed by atoms with E-state index in [1.54, 1.807) is 12.1 Å². The molecule has 0 aliphatic rings. The summed E-state index contributed by atoms with van der Waals surface area (Å²) in [6.45, 7) is -0.619. The number of ether oxygens (including phenoxy) is 2. The molecule has 0 unspecified atom stereocenters. The molecule has 0 bridgehead atoms. The highest BCUT2D eigenvalue weighted by molar-refractivity contribution is 7.98. The van der Waals surface area contributed by atoms with E-state index in [-0.39, 0.29) is 35.8 Å². The van der Waals surface area contributed by atoms with E-state index in [0.717, 1.165) is 0 Å². The van der Waals surface area contributed by atoms with Crippen LogP contribution < -0.4 is 25.8 Å². The highest BCUT2D eigenvalue weighted by Gasteiger charge is 2.23. The predicted molar refractivity (Wildman–Crippen MR) is 115 cm³/mol. The van der Waals surface area contributed by atoms with E-state index < -0.39 is 42.4 Å². The number of benzene rings is 1. The van der Waals surface area contributed by atoms with Gasteiger partial charge in [0, 0.05) is 17.9 Å². The average molecular weight is 474 g/mol. The summed E-state index contributed by atoms with van der Waals surface area (Å²) in [5.41, 5.74) is 6.09. The van der Waals surface area contributed by atoms with E-state index in [4.69, 9.17) is 25.4 Å². The van der Waals surface area contributed by atoms with Gasteiger partial charge in [-0.15, -0.1) is 0 Å². The van der Waals surface area contributed by atoms with Crippen molar-refractivity contribution in [3.8, 4) is 17.2 Å². The van der Waals surface area contributed by atoms with Crippen LogP contribution in [0.5, 0.6) is 17.2 Å². The molecular weight excluding hydrogens is 446 g/mol. The molecule has 2 atom stereocenters.